The molecule has 6 aliphatic heterocycles. The monoisotopic (exact) mass is 1800 g/mol. The smallest absolute Gasteiger partial charge is 0.165 e. The van der Waals surface area contributed by atoms with Crippen LogP contribution < -0.4 is 66.3 Å². The van der Waals surface area contributed by atoms with E-state index in [0.29, 0.717) is 75.4 Å². The largest absolute Gasteiger partial charge is 0.384 e. The van der Waals surface area contributed by atoms with Crippen LogP contribution in [0.5, 0.6) is 0 Å². The summed E-state index contributed by atoms with van der Waals surface area (Å²) < 4.78 is 11.1. The maximum absolute atomic E-state index is 6.48. The average Bonchev–Trinajstić information content (AvgIpc) is 1.62. The molecule has 0 amide bonds. The highest BCUT2D eigenvalue weighted by Crippen LogP contribution is 2.40. The third-order valence-electron chi connectivity index (χ3n) is 25.4. The highest BCUT2D eigenvalue weighted by atomic mass is 79.9. The van der Waals surface area contributed by atoms with Gasteiger partial charge in [0.1, 0.15) is 39.9 Å². The van der Waals surface area contributed by atoms with E-state index in [9.17, 15) is 0 Å². The van der Waals surface area contributed by atoms with Gasteiger partial charge in [-0.2, -0.15) is 57.7 Å². The van der Waals surface area contributed by atoms with Gasteiger partial charge in [0.15, 0.2) is 33.9 Å². The molecule has 23 rings (SSSR count). The summed E-state index contributed by atoms with van der Waals surface area (Å²) in [7, 11) is 0. The van der Waals surface area contributed by atoms with Gasteiger partial charge in [0.2, 0.25) is 0 Å². The molecule has 6 saturated heterocycles. The number of aromatic nitrogens is 18. The number of nitrogens with zero attached hydrogens (tertiary/aromatic N) is 18. The van der Waals surface area contributed by atoms with E-state index >= 15 is 0 Å². The lowest BCUT2D eigenvalue weighted by Gasteiger charge is -2.23. The van der Waals surface area contributed by atoms with Gasteiger partial charge in [0.05, 0.1) is 75.8 Å². The molecule has 14 aromatic rings. The number of anilines is 6. The molecule has 12 aromatic heterocycles. The van der Waals surface area contributed by atoms with Crippen LogP contribution >= 0.6 is 27.5 Å². The molecule has 6 unspecified atom stereocenters. The van der Waals surface area contributed by atoms with Crippen LogP contribution in [0.2, 0.25) is 5.02 Å². The van der Waals surface area contributed by atoms with Crippen LogP contribution in [-0.4, -0.2) is 166 Å². The van der Waals surface area contributed by atoms with Crippen molar-refractivity contribution in [1.29, 1.82) is 0 Å². The van der Waals surface area contributed by atoms with Crippen LogP contribution in [0, 0.1) is 0 Å². The van der Waals surface area contributed by atoms with Gasteiger partial charge in [-0.15, -0.1) is 0 Å². The Hall–Kier alpha value is -12.3. The molecule has 3 aliphatic carbocycles. The van der Waals surface area contributed by atoms with E-state index in [0.717, 1.165) is 241 Å². The second-order valence-corrected chi connectivity index (χ2v) is 35.2. The number of piperidine rings is 6. The van der Waals surface area contributed by atoms with Crippen LogP contribution in [0.4, 0.5) is 34.9 Å². The third-order valence-corrected chi connectivity index (χ3v) is 26.6. The Balaban J connectivity index is 0.000000104. The first-order valence-corrected chi connectivity index (χ1v) is 46.3. The summed E-state index contributed by atoms with van der Waals surface area (Å²) in [5.41, 5.74) is 60.5. The van der Waals surface area contributed by atoms with Gasteiger partial charge >= 0.3 is 0 Å². The highest BCUT2D eigenvalue weighted by Gasteiger charge is 2.30. The molecular weight excluding hydrogens is 1690 g/mol. The quantitative estimate of drug-likeness (QED) is 0.0540. The van der Waals surface area contributed by atoms with Crippen molar-refractivity contribution in [3.63, 3.8) is 0 Å². The average molecular weight is 1800 g/mol. The molecule has 6 fully saturated rings. The highest BCUT2D eigenvalue weighted by molar-refractivity contribution is 9.10. The first-order chi connectivity index (χ1) is 62.8. The number of hydrogen-bond acceptors (Lipinski definition) is 24. The summed E-state index contributed by atoms with van der Waals surface area (Å²) in [4.78, 5) is 29.2. The number of nitrogens with one attached hydrogen (secondary N) is 6. The Morgan fingerprint density at radius 2 is 0.742 bits per heavy atom. The number of allylic oxidation sites excluding steroid dienone is 13. The van der Waals surface area contributed by atoms with Crippen molar-refractivity contribution in [2.75, 3.05) is 113 Å². The molecule has 18 N–H and O–H groups in total. The Kier molecular flexibility index (Phi) is 26.9. The molecule has 0 spiro atoms. The van der Waals surface area contributed by atoms with Gasteiger partial charge in [-0.1, -0.05) is 139 Å². The molecule has 18 heterocycles. The van der Waals surface area contributed by atoms with Gasteiger partial charge in [0, 0.05) is 132 Å². The SMILES string of the molecule is C/C=C/c1cnn2c(N)cc(C3CCCNC3)nc12.Nc1c(Br)c(C2CCCNC2)nc2c(C3=CCC=C3)cnn12.Nc1c(Cl)c(C2CCCNC2)nc2c(-c3ccccc3)cnn12.Nc1cc(C2CCCNC2)nc2c(-c3ccccc3)cnn12.Nc1cc(C2CCCNC2)nc2c(C3=CC=CC3)cnn12.Nc1cc(C2CCCNC2)nc2c(C3=CCC=C3)cnn12. The van der Waals surface area contributed by atoms with Gasteiger partial charge in [-0.25, -0.2) is 29.9 Å². The first-order valence-electron chi connectivity index (χ1n) is 45.1. The standard InChI is InChI=1S/C17H18ClN5.C17H19N5.C16H18BrN5.2C16H19N5.C14H19N5/c18-14-15(12-7-4-8-20-9-12)22-17-13(10-21-23(17)16(14)19)11-5-2-1-3-6-11;18-16-9-15(13-7-4-8-19-10-13)21-17-14(11-20-22(16)17)12-5-2-1-3-6-12;17-13-14(11-6-3-7-19-8-11)21-16-12(10-4-1-2-5-10)9-20-22(16)15(13)18;2*17-15-8-14(12-6-3-7-18-9-12)20-16-13(10-19-21(15)16)11-4-1-2-5-11;1-2-4-11-9-17-19-13(15)7-12(18-14(11)19)10-5-3-6-16-8-10/h1-3,5-6,10,12,20H,4,7-9,19H2;1-3,5-6,9,11,13,19H,4,7-8,10,18H2;1,4-5,9,11,19H,2-3,6-8,18H2;1,4-5,8,10,12,18H,2-3,6-7,9,17H2;1-2,4,8,10,12,18H,3,5-7,9,17H2;2,4,7,9-10,16H,3,5-6,8,15H2,1H3/b;;;;;4-2+. The number of nitrogen functional groups attached to an aromatic ring is 6. The molecule has 32 heteroatoms. The van der Waals surface area contributed by atoms with E-state index < -0.39 is 0 Å². The van der Waals surface area contributed by atoms with Gasteiger partial charge in [-0.05, 0) is 186 Å². The fourth-order valence-electron chi connectivity index (χ4n) is 18.6. The number of fused-ring (bicyclic) bond motifs is 6. The number of halogens is 2. The molecule has 128 heavy (non-hydrogen) atoms. The zero-order valence-corrected chi connectivity index (χ0v) is 74.6. The third kappa shape index (κ3) is 18.7. The lowest BCUT2D eigenvalue weighted by atomic mass is 9.95. The van der Waals surface area contributed by atoms with Crippen molar-refractivity contribution in [1.82, 2.24) is 119 Å². The summed E-state index contributed by atoms with van der Waals surface area (Å²) in [6, 6.07) is 28.2. The Bertz CT molecular complexity index is 6500. The Labute approximate surface area is 756 Å². The molecule has 0 bridgehead atoms. The number of benzene rings is 2. The van der Waals surface area contributed by atoms with E-state index in [1.165, 1.54) is 68.1 Å². The fraction of sp³-hybridized carbons (Fsp3) is 0.354. The van der Waals surface area contributed by atoms with Crippen LogP contribution in [0.1, 0.15) is 195 Å². The lowest BCUT2D eigenvalue weighted by molar-refractivity contribution is 0.453. The molecule has 30 nitrogen and oxygen atoms in total. The summed E-state index contributed by atoms with van der Waals surface area (Å²) in [6.45, 7) is 14.3. The summed E-state index contributed by atoms with van der Waals surface area (Å²) in [5.74, 6) is 6.18. The van der Waals surface area contributed by atoms with Crippen molar-refractivity contribution < 1.29 is 0 Å². The van der Waals surface area contributed by atoms with Gasteiger partial charge in [0.25, 0.3) is 0 Å². The maximum Gasteiger partial charge on any atom is 0.165 e. The van der Waals surface area contributed by atoms with Crippen LogP contribution in [0.25, 0.3) is 78.9 Å². The summed E-state index contributed by atoms with van der Waals surface area (Å²) >= 11 is 10.1. The predicted molar refractivity (Wildman–Crippen MR) is 517 cm³/mol. The Morgan fingerprint density at radius 1 is 0.391 bits per heavy atom. The Morgan fingerprint density at radius 3 is 1.15 bits per heavy atom. The minimum atomic E-state index is 0.294. The molecule has 9 aliphatic rings. The van der Waals surface area contributed by atoms with Crippen molar-refractivity contribution in [3.8, 4) is 22.3 Å². The molecule has 660 valence electrons. The van der Waals surface area contributed by atoms with Crippen molar-refractivity contribution in [2.45, 2.75) is 139 Å². The zero-order chi connectivity index (χ0) is 87.6. The number of rotatable bonds is 12. The van der Waals surface area contributed by atoms with E-state index in [1.54, 1.807) is 33.3 Å². The minimum Gasteiger partial charge on any atom is -0.384 e. The van der Waals surface area contributed by atoms with Crippen molar-refractivity contribution >= 4 is 119 Å². The summed E-state index contributed by atoms with van der Waals surface area (Å²) in [6.07, 6.45) is 51.2. The van der Waals surface area contributed by atoms with Gasteiger partial charge in [-0.3, -0.25) is 0 Å². The van der Waals surface area contributed by atoms with Crippen LogP contribution in [0.3, 0.4) is 0 Å². The van der Waals surface area contributed by atoms with Crippen molar-refractivity contribution in [3.05, 3.63) is 249 Å². The number of nitrogens with two attached hydrogens (primary N) is 6. The molecule has 2 aromatic carbocycles. The zero-order valence-electron chi connectivity index (χ0n) is 72.2. The normalized spacial score (nSPS) is 20.4. The molecular formula is C96H112BrClN30. The van der Waals surface area contributed by atoms with Crippen LogP contribution in [-0.2, 0) is 0 Å². The molecule has 6 atom stereocenters. The summed E-state index contributed by atoms with van der Waals surface area (Å²) in [5, 5.41) is 47.4. The second-order valence-electron chi connectivity index (χ2n) is 34.0. The van der Waals surface area contributed by atoms with Crippen molar-refractivity contribution in [2.24, 2.45) is 0 Å². The topological polar surface area (TPSA) is 409 Å². The first kappa shape index (κ1) is 86.4. The number of hydrogen-bond donors (Lipinski definition) is 12. The van der Waals surface area contributed by atoms with E-state index in [4.69, 9.17) is 75.9 Å². The molecule has 0 saturated carbocycles. The van der Waals surface area contributed by atoms with Gasteiger partial charge < -0.3 is 66.3 Å². The predicted octanol–water partition coefficient (Wildman–Crippen LogP) is 14.5. The van der Waals surface area contributed by atoms with E-state index in [1.807, 2.05) is 123 Å². The minimum absolute atomic E-state index is 0.294. The fourth-order valence-corrected chi connectivity index (χ4v) is 19.4. The van der Waals surface area contributed by atoms with E-state index in [2.05, 4.69) is 145 Å². The lowest BCUT2D eigenvalue weighted by Crippen LogP contribution is -2.29. The maximum atomic E-state index is 6.48. The van der Waals surface area contributed by atoms with Crippen LogP contribution in [0.15, 0.2) is 187 Å². The molecule has 0 radical (unpaired) electrons. The van der Waals surface area contributed by atoms with E-state index in [-0.39, 0.29) is 0 Å². The second kappa shape index (κ2) is 39.9.